The molecule has 0 aliphatic carbocycles. The number of carbonyl (C=O) groups is 2. The van der Waals surface area contributed by atoms with Crippen LogP contribution in [-0.4, -0.2) is 35.2 Å². The Labute approximate surface area is 155 Å². The van der Waals surface area contributed by atoms with E-state index in [-0.39, 0.29) is 11.9 Å². The summed E-state index contributed by atoms with van der Waals surface area (Å²) in [7, 11) is 0. The largest absolute Gasteiger partial charge is 0.336 e. The SMILES string of the molecule is Cc1noc(-c2ccc(C(=O)Nc3ccc(N4CCNC4=O)cc3)cc2)n1. The van der Waals surface area contributed by atoms with Gasteiger partial charge in [-0.15, -0.1) is 0 Å². The molecule has 3 aromatic rings. The maximum absolute atomic E-state index is 12.4. The summed E-state index contributed by atoms with van der Waals surface area (Å²) < 4.78 is 5.11. The van der Waals surface area contributed by atoms with E-state index >= 15 is 0 Å². The van der Waals surface area contributed by atoms with Crippen LogP contribution in [0.3, 0.4) is 0 Å². The monoisotopic (exact) mass is 363 g/mol. The first-order chi connectivity index (χ1) is 13.1. The Hall–Kier alpha value is -3.68. The number of benzene rings is 2. The second-order valence-corrected chi connectivity index (χ2v) is 6.11. The molecule has 0 spiro atoms. The summed E-state index contributed by atoms with van der Waals surface area (Å²) in [6.45, 7) is 3.02. The smallest absolute Gasteiger partial charge is 0.321 e. The number of nitrogens with zero attached hydrogens (tertiary/aromatic N) is 3. The molecule has 1 fully saturated rings. The maximum atomic E-state index is 12.4. The van der Waals surface area contributed by atoms with Crippen LogP contribution in [0, 0.1) is 6.92 Å². The molecule has 0 radical (unpaired) electrons. The quantitative estimate of drug-likeness (QED) is 0.742. The van der Waals surface area contributed by atoms with Crippen LogP contribution < -0.4 is 15.5 Å². The van der Waals surface area contributed by atoms with Gasteiger partial charge < -0.3 is 15.2 Å². The third kappa shape index (κ3) is 3.50. The predicted molar refractivity (Wildman–Crippen MR) is 99.6 cm³/mol. The fourth-order valence-electron chi connectivity index (χ4n) is 2.82. The Balaban J connectivity index is 1.43. The van der Waals surface area contributed by atoms with Gasteiger partial charge in [-0.3, -0.25) is 9.69 Å². The van der Waals surface area contributed by atoms with E-state index in [0.29, 0.717) is 36.1 Å². The van der Waals surface area contributed by atoms with Crippen LogP contribution in [0.1, 0.15) is 16.2 Å². The van der Waals surface area contributed by atoms with Gasteiger partial charge in [-0.05, 0) is 55.5 Å². The van der Waals surface area contributed by atoms with Crippen molar-refractivity contribution >= 4 is 23.3 Å². The lowest BCUT2D eigenvalue weighted by Crippen LogP contribution is -2.27. The van der Waals surface area contributed by atoms with Crippen molar-refractivity contribution in [2.45, 2.75) is 6.92 Å². The molecule has 0 saturated carbocycles. The van der Waals surface area contributed by atoms with Crippen LogP contribution in [0.15, 0.2) is 53.1 Å². The molecule has 27 heavy (non-hydrogen) atoms. The van der Waals surface area contributed by atoms with Crippen LogP contribution in [0.5, 0.6) is 0 Å². The molecule has 2 N–H and O–H groups in total. The molecule has 1 aliphatic rings. The Morgan fingerprint density at radius 3 is 2.48 bits per heavy atom. The van der Waals surface area contributed by atoms with Gasteiger partial charge in [0.2, 0.25) is 0 Å². The fraction of sp³-hybridized carbons (Fsp3) is 0.158. The molecule has 4 rings (SSSR count). The van der Waals surface area contributed by atoms with Crippen LogP contribution in [0.2, 0.25) is 0 Å². The fourth-order valence-corrected chi connectivity index (χ4v) is 2.82. The summed E-state index contributed by atoms with van der Waals surface area (Å²) in [4.78, 5) is 29.9. The maximum Gasteiger partial charge on any atom is 0.321 e. The van der Waals surface area contributed by atoms with Crippen LogP contribution in [0.4, 0.5) is 16.2 Å². The van der Waals surface area contributed by atoms with Gasteiger partial charge in [0, 0.05) is 35.6 Å². The van der Waals surface area contributed by atoms with Gasteiger partial charge in [0.1, 0.15) is 0 Å². The third-order valence-electron chi connectivity index (χ3n) is 4.22. The lowest BCUT2D eigenvalue weighted by molar-refractivity contribution is 0.102. The number of urea groups is 1. The number of anilines is 2. The van der Waals surface area contributed by atoms with Crippen molar-refractivity contribution in [1.82, 2.24) is 15.5 Å². The lowest BCUT2D eigenvalue weighted by Gasteiger charge is -2.14. The number of amides is 3. The topological polar surface area (TPSA) is 100 Å². The average molecular weight is 363 g/mol. The highest BCUT2D eigenvalue weighted by molar-refractivity contribution is 6.04. The molecule has 8 nitrogen and oxygen atoms in total. The van der Waals surface area contributed by atoms with E-state index in [2.05, 4.69) is 20.8 Å². The molecule has 1 aliphatic heterocycles. The first-order valence-corrected chi connectivity index (χ1v) is 8.48. The van der Waals surface area contributed by atoms with E-state index in [9.17, 15) is 9.59 Å². The number of nitrogens with one attached hydrogen (secondary N) is 2. The number of aryl methyl sites for hydroxylation is 1. The minimum absolute atomic E-state index is 0.108. The van der Waals surface area contributed by atoms with Gasteiger partial charge in [-0.25, -0.2) is 4.79 Å². The predicted octanol–water partition coefficient (Wildman–Crippen LogP) is 2.83. The summed E-state index contributed by atoms with van der Waals surface area (Å²) in [5.74, 6) is 0.748. The molecule has 0 bridgehead atoms. The van der Waals surface area contributed by atoms with E-state index in [0.717, 1.165) is 11.3 Å². The van der Waals surface area contributed by atoms with Crippen molar-refractivity contribution in [3.05, 3.63) is 59.9 Å². The molecule has 3 amide bonds. The van der Waals surface area contributed by atoms with E-state index in [4.69, 9.17) is 4.52 Å². The standard InChI is InChI=1S/C19H17N5O3/c1-12-21-18(27-23-12)14-4-2-13(3-5-14)17(25)22-15-6-8-16(9-7-15)24-11-10-20-19(24)26/h2-9H,10-11H2,1H3,(H,20,26)(H,22,25). The first kappa shape index (κ1) is 16.8. The van der Waals surface area contributed by atoms with E-state index in [1.54, 1.807) is 48.2 Å². The molecule has 2 heterocycles. The van der Waals surface area contributed by atoms with Crippen LogP contribution >= 0.6 is 0 Å². The van der Waals surface area contributed by atoms with Gasteiger partial charge in [0.15, 0.2) is 5.82 Å². The Morgan fingerprint density at radius 1 is 1.15 bits per heavy atom. The molecule has 1 aromatic heterocycles. The summed E-state index contributed by atoms with van der Waals surface area (Å²) in [6, 6.07) is 14.0. The first-order valence-electron chi connectivity index (χ1n) is 8.48. The molecule has 0 atom stereocenters. The number of aromatic nitrogens is 2. The molecule has 8 heteroatoms. The van der Waals surface area contributed by atoms with Crippen molar-refractivity contribution in [3.8, 4) is 11.5 Å². The van der Waals surface area contributed by atoms with Crippen molar-refractivity contribution in [3.63, 3.8) is 0 Å². The van der Waals surface area contributed by atoms with E-state index in [1.807, 2.05) is 12.1 Å². The highest BCUT2D eigenvalue weighted by Gasteiger charge is 2.20. The third-order valence-corrected chi connectivity index (χ3v) is 4.22. The van der Waals surface area contributed by atoms with E-state index in [1.165, 1.54) is 0 Å². The minimum atomic E-state index is -0.227. The number of rotatable bonds is 4. The summed E-state index contributed by atoms with van der Waals surface area (Å²) >= 11 is 0. The molecule has 136 valence electrons. The van der Waals surface area contributed by atoms with Crippen molar-refractivity contribution in [2.24, 2.45) is 0 Å². The van der Waals surface area contributed by atoms with Gasteiger partial charge in [0.25, 0.3) is 11.8 Å². The molecular weight excluding hydrogens is 346 g/mol. The minimum Gasteiger partial charge on any atom is -0.336 e. The lowest BCUT2D eigenvalue weighted by atomic mass is 10.1. The molecule has 1 saturated heterocycles. The Kier molecular flexibility index (Phi) is 4.29. The van der Waals surface area contributed by atoms with Gasteiger partial charge >= 0.3 is 6.03 Å². The highest BCUT2D eigenvalue weighted by Crippen LogP contribution is 2.21. The molecular formula is C19H17N5O3. The zero-order valence-electron chi connectivity index (χ0n) is 14.6. The summed E-state index contributed by atoms with van der Waals surface area (Å²) in [5.41, 5.74) is 2.71. The van der Waals surface area contributed by atoms with Crippen LogP contribution in [-0.2, 0) is 0 Å². The Morgan fingerprint density at radius 2 is 1.89 bits per heavy atom. The van der Waals surface area contributed by atoms with Crippen molar-refractivity contribution in [2.75, 3.05) is 23.3 Å². The summed E-state index contributed by atoms with van der Waals surface area (Å²) in [5, 5.41) is 9.35. The number of hydrogen-bond donors (Lipinski definition) is 2. The highest BCUT2D eigenvalue weighted by atomic mass is 16.5. The second-order valence-electron chi connectivity index (χ2n) is 6.11. The molecule has 2 aromatic carbocycles. The number of carbonyl (C=O) groups excluding carboxylic acids is 2. The van der Waals surface area contributed by atoms with Gasteiger partial charge in [-0.2, -0.15) is 4.98 Å². The van der Waals surface area contributed by atoms with Crippen molar-refractivity contribution < 1.29 is 14.1 Å². The van der Waals surface area contributed by atoms with Crippen molar-refractivity contribution in [1.29, 1.82) is 0 Å². The van der Waals surface area contributed by atoms with Gasteiger partial charge in [-0.1, -0.05) is 5.16 Å². The second kappa shape index (κ2) is 6.91. The van der Waals surface area contributed by atoms with Crippen LogP contribution in [0.25, 0.3) is 11.5 Å². The zero-order chi connectivity index (χ0) is 18.8. The average Bonchev–Trinajstić information content (AvgIpc) is 3.31. The zero-order valence-corrected chi connectivity index (χ0v) is 14.6. The summed E-state index contributed by atoms with van der Waals surface area (Å²) in [6.07, 6.45) is 0. The van der Waals surface area contributed by atoms with E-state index < -0.39 is 0 Å². The Bertz CT molecular complexity index is 979. The van der Waals surface area contributed by atoms with Gasteiger partial charge in [0.05, 0.1) is 0 Å². The normalized spacial score (nSPS) is 13.5. The molecule has 0 unspecified atom stereocenters. The number of hydrogen-bond acceptors (Lipinski definition) is 5.